The molecule has 1 aromatic heterocycles. The summed E-state index contributed by atoms with van der Waals surface area (Å²) in [7, 11) is 0. The zero-order chi connectivity index (χ0) is 22.4. The Bertz CT molecular complexity index is 948. The summed E-state index contributed by atoms with van der Waals surface area (Å²) in [6.45, 7) is 2.24. The van der Waals surface area contributed by atoms with Gasteiger partial charge in [0.15, 0.2) is 0 Å². The average molecular weight is 449 g/mol. The molecule has 31 heavy (non-hydrogen) atoms. The fraction of sp³-hybridized carbons (Fsp3) is 0.429. The van der Waals surface area contributed by atoms with Crippen molar-refractivity contribution in [3.63, 3.8) is 0 Å². The van der Waals surface area contributed by atoms with Crippen molar-refractivity contribution in [2.75, 3.05) is 11.9 Å². The molecular formula is C21H25ClN4O5. The Hall–Kier alpha value is -2.91. The number of carbonyl (C=O) groups is 3. The van der Waals surface area contributed by atoms with Gasteiger partial charge in [-0.3, -0.25) is 14.4 Å². The number of nitrogens with one attached hydrogen (secondary N) is 2. The van der Waals surface area contributed by atoms with Crippen LogP contribution in [0.3, 0.4) is 0 Å². The molecule has 3 atom stereocenters. The molecule has 10 heteroatoms. The molecule has 2 amide bonds. The molecule has 2 heterocycles. The first kappa shape index (κ1) is 22.8. The van der Waals surface area contributed by atoms with Gasteiger partial charge in [0.05, 0.1) is 24.4 Å². The Morgan fingerprint density at radius 1 is 1.42 bits per heavy atom. The van der Waals surface area contributed by atoms with E-state index in [4.69, 9.17) is 26.2 Å². The van der Waals surface area contributed by atoms with E-state index in [-0.39, 0.29) is 43.0 Å². The number of morpholine rings is 1. The first-order chi connectivity index (χ1) is 14.9. The van der Waals surface area contributed by atoms with E-state index in [0.717, 1.165) is 24.1 Å². The molecule has 1 aromatic carbocycles. The number of nitrogens with zero attached hydrogens (tertiary/aromatic N) is 2. The van der Waals surface area contributed by atoms with Crippen molar-refractivity contribution in [2.45, 2.75) is 44.9 Å². The lowest BCUT2D eigenvalue weighted by molar-refractivity contribution is -0.141. The molecule has 1 aliphatic heterocycles. The number of rotatable bonds is 4. The van der Waals surface area contributed by atoms with E-state index in [9.17, 15) is 9.59 Å². The van der Waals surface area contributed by atoms with Crippen molar-refractivity contribution in [1.82, 2.24) is 15.1 Å². The zero-order valence-electron chi connectivity index (χ0n) is 17.1. The minimum atomic E-state index is -0.250. The Morgan fingerprint density at radius 3 is 2.94 bits per heavy atom. The summed E-state index contributed by atoms with van der Waals surface area (Å²) in [5.41, 5.74) is 1.84. The van der Waals surface area contributed by atoms with E-state index in [1.165, 1.54) is 0 Å². The molecular weight excluding hydrogens is 424 g/mol. The average Bonchev–Trinajstić information content (AvgIpc) is 3.06. The van der Waals surface area contributed by atoms with Gasteiger partial charge >= 0.3 is 0 Å². The first-order valence-electron chi connectivity index (χ1n) is 9.98. The Kier molecular flexibility index (Phi) is 7.64. The molecule has 2 aliphatic rings. The maximum absolute atomic E-state index is 12.9. The molecule has 9 nitrogen and oxygen atoms in total. The third-order valence-electron chi connectivity index (χ3n) is 5.31. The molecule has 4 rings (SSSR count). The van der Waals surface area contributed by atoms with E-state index >= 15 is 0 Å². The molecule has 0 bridgehead atoms. The number of aromatic nitrogens is 2. The number of benzene rings is 1. The van der Waals surface area contributed by atoms with Crippen LogP contribution in [0.5, 0.6) is 0 Å². The quantitative estimate of drug-likeness (QED) is 0.616. The molecule has 2 fully saturated rings. The predicted octanol–water partition coefficient (Wildman–Crippen LogP) is 2.22. The summed E-state index contributed by atoms with van der Waals surface area (Å²) in [6.07, 6.45) is 1.98. The van der Waals surface area contributed by atoms with Crippen LogP contribution in [-0.4, -0.2) is 51.9 Å². The summed E-state index contributed by atoms with van der Waals surface area (Å²) in [4.78, 5) is 32.7. The fourth-order valence-corrected chi connectivity index (χ4v) is 4.16. The number of anilines is 1. The van der Waals surface area contributed by atoms with Gasteiger partial charge in [0.25, 0.3) is 6.47 Å². The highest BCUT2D eigenvalue weighted by Crippen LogP contribution is 2.29. The van der Waals surface area contributed by atoms with Gasteiger partial charge < -0.3 is 20.5 Å². The zero-order valence-corrected chi connectivity index (χ0v) is 17.8. The highest BCUT2D eigenvalue weighted by molar-refractivity contribution is 6.30. The van der Waals surface area contributed by atoms with Crippen molar-refractivity contribution < 1.29 is 24.2 Å². The number of amides is 2. The molecule has 3 N–H and O–H groups in total. The summed E-state index contributed by atoms with van der Waals surface area (Å²) in [5.74, 6) is 0.407. The lowest BCUT2D eigenvalue weighted by Crippen LogP contribution is -2.55. The maximum atomic E-state index is 12.9. The Labute approximate surface area is 184 Å². The largest absolute Gasteiger partial charge is 0.483 e. The fourth-order valence-electron chi connectivity index (χ4n) is 3.95. The summed E-state index contributed by atoms with van der Waals surface area (Å²) >= 11 is 6.07. The van der Waals surface area contributed by atoms with Gasteiger partial charge in [0.1, 0.15) is 12.4 Å². The van der Waals surface area contributed by atoms with Crippen molar-refractivity contribution in [2.24, 2.45) is 5.92 Å². The van der Waals surface area contributed by atoms with E-state index in [1.807, 2.05) is 37.3 Å². The van der Waals surface area contributed by atoms with Crippen LogP contribution >= 0.6 is 11.6 Å². The van der Waals surface area contributed by atoms with Crippen LogP contribution < -0.4 is 10.6 Å². The van der Waals surface area contributed by atoms with Gasteiger partial charge in [-0.2, -0.15) is 5.10 Å². The molecule has 0 unspecified atom stereocenters. The van der Waals surface area contributed by atoms with Gasteiger partial charge in [-0.15, -0.1) is 0 Å². The van der Waals surface area contributed by atoms with E-state index in [0.29, 0.717) is 23.8 Å². The van der Waals surface area contributed by atoms with Gasteiger partial charge in [-0.05, 0) is 43.9 Å². The van der Waals surface area contributed by atoms with Gasteiger partial charge in [0.2, 0.25) is 11.8 Å². The van der Waals surface area contributed by atoms with Gasteiger partial charge in [0, 0.05) is 17.0 Å². The van der Waals surface area contributed by atoms with Crippen molar-refractivity contribution in [3.05, 3.63) is 46.6 Å². The molecule has 1 saturated carbocycles. The second-order valence-corrected chi connectivity index (χ2v) is 8.02. The topological polar surface area (TPSA) is 123 Å². The molecule has 0 spiro atoms. The van der Waals surface area contributed by atoms with Crippen molar-refractivity contribution in [3.8, 4) is 0 Å². The van der Waals surface area contributed by atoms with Crippen LogP contribution in [0.25, 0.3) is 0 Å². The predicted molar refractivity (Wildman–Crippen MR) is 114 cm³/mol. The third-order valence-corrected chi connectivity index (χ3v) is 5.55. The molecule has 0 radical (unpaired) electrons. The van der Waals surface area contributed by atoms with Gasteiger partial charge in [-0.1, -0.05) is 23.7 Å². The van der Waals surface area contributed by atoms with Gasteiger partial charge in [-0.25, -0.2) is 4.68 Å². The van der Waals surface area contributed by atoms with Crippen LogP contribution in [0.4, 0.5) is 5.82 Å². The molecule has 1 aliphatic carbocycles. The van der Waals surface area contributed by atoms with Crippen molar-refractivity contribution in [1.29, 1.82) is 0 Å². The number of ether oxygens (including phenoxy) is 1. The maximum Gasteiger partial charge on any atom is 0.290 e. The smallest absolute Gasteiger partial charge is 0.290 e. The molecule has 2 aromatic rings. The van der Waals surface area contributed by atoms with Crippen LogP contribution in [-0.2, 0) is 25.7 Å². The minimum absolute atomic E-state index is 0.0147. The lowest BCUT2D eigenvalue weighted by atomic mass is 9.82. The second kappa shape index (κ2) is 10.4. The highest BCUT2D eigenvalue weighted by atomic mass is 35.5. The standard InChI is InChI=1S/C20H23ClN4O3.CH2O2/c1-12-7-18(25(24-12)10-13-3-2-4-15(21)8-13)23-20(27)14-5-6-16-17(9-14)28-11-19(26)22-16;2-1-3/h2-4,7-8,14,16-17H,5-6,9-11H2,1H3,(H,22,26)(H,23,27);1H,(H,2,3)/t14-,16-,17-;/m0./s1. The SMILES string of the molecule is Cc1cc(NC(=O)[C@H]2CC[C@@H]3NC(=O)CO[C@H]3C2)n(Cc2cccc(Cl)c2)n1.O=CO. The monoisotopic (exact) mass is 448 g/mol. The lowest BCUT2D eigenvalue weighted by Gasteiger charge is -2.38. The Balaban J connectivity index is 0.000000858. The number of hydrogen-bond acceptors (Lipinski definition) is 5. The highest BCUT2D eigenvalue weighted by Gasteiger charge is 2.38. The van der Waals surface area contributed by atoms with Crippen LogP contribution in [0.2, 0.25) is 5.02 Å². The van der Waals surface area contributed by atoms with Crippen LogP contribution in [0.1, 0.15) is 30.5 Å². The first-order valence-corrected chi connectivity index (χ1v) is 10.4. The normalized spacial score (nSPS) is 22.4. The van der Waals surface area contributed by atoms with E-state index < -0.39 is 0 Å². The summed E-state index contributed by atoms with van der Waals surface area (Å²) < 4.78 is 7.40. The number of carbonyl (C=O) groups excluding carboxylic acids is 2. The van der Waals surface area contributed by atoms with E-state index in [1.54, 1.807) is 4.68 Å². The number of carboxylic acid groups (broad SMARTS) is 1. The molecule has 166 valence electrons. The van der Waals surface area contributed by atoms with E-state index in [2.05, 4.69) is 15.7 Å². The number of aryl methyl sites for hydroxylation is 1. The molecule has 1 saturated heterocycles. The summed E-state index contributed by atoms with van der Waals surface area (Å²) in [6, 6.07) is 9.47. The Morgan fingerprint density at radius 2 is 2.19 bits per heavy atom. The van der Waals surface area contributed by atoms with Crippen molar-refractivity contribution >= 4 is 35.7 Å². The minimum Gasteiger partial charge on any atom is -0.483 e. The van der Waals surface area contributed by atoms with Crippen LogP contribution in [0.15, 0.2) is 30.3 Å². The number of hydrogen-bond donors (Lipinski definition) is 3. The summed E-state index contributed by atoms with van der Waals surface area (Å²) in [5, 5.41) is 18.0. The van der Waals surface area contributed by atoms with Crippen LogP contribution in [0, 0.1) is 12.8 Å². The number of halogens is 1. The second-order valence-electron chi connectivity index (χ2n) is 7.59. The number of fused-ring (bicyclic) bond motifs is 1. The third kappa shape index (κ3) is 6.05.